The zero-order valence-corrected chi connectivity index (χ0v) is 10.9. The lowest BCUT2D eigenvalue weighted by Crippen LogP contribution is -2.25. The van der Waals surface area contributed by atoms with Crippen molar-refractivity contribution in [2.45, 2.75) is 20.3 Å². The van der Waals surface area contributed by atoms with E-state index in [1.807, 2.05) is 25.9 Å². The largest absolute Gasteiger partial charge is 0.373 e. The maximum Gasteiger partial charge on any atom is 0.137 e. The third-order valence-corrected chi connectivity index (χ3v) is 2.64. The van der Waals surface area contributed by atoms with E-state index in [0.29, 0.717) is 6.54 Å². The molecule has 0 spiro atoms. The highest BCUT2D eigenvalue weighted by Crippen LogP contribution is 2.23. The van der Waals surface area contributed by atoms with Crippen LogP contribution in [0.2, 0.25) is 0 Å². The number of hydrogen-bond acceptors (Lipinski definition) is 5. The highest BCUT2D eigenvalue weighted by Gasteiger charge is 2.14. The maximum atomic E-state index is 8.84. The van der Waals surface area contributed by atoms with Gasteiger partial charge in [0.1, 0.15) is 18.0 Å². The summed E-state index contributed by atoms with van der Waals surface area (Å²) in [5.74, 6) is 1.74. The van der Waals surface area contributed by atoms with Crippen LogP contribution < -0.4 is 10.2 Å². The van der Waals surface area contributed by atoms with Crippen LogP contribution in [-0.2, 0) is 6.42 Å². The molecule has 0 radical (unpaired) electrons. The fourth-order valence-electron chi connectivity index (χ4n) is 1.81. The van der Waals surface area contributed by atoms with Gasteiger partial charge in [-0.05, 0) is 13.3 Å². The number of nitriles is 1. The van der Waals surface area contributed by atoms with Crippen LogP contribution in [0.1, 0.15) is 19.4 Å². The van der Waals surface area contributed by atoms with Gasteiger partial charge in [-0.2, -0.15) is 5.26 Å². The van der Waals surface area contributed by atoms with E-state index in [-0.39, 0.29) is 5.92 Å². The molecule has 0 aliphatic heterocycles. The van der Waals surface area contributed by atoms with E-state index in [9.17, 15) is 0 Å². The molecule has 0 aromatic carbocycles. The van der Waals surface area contributed by atoms with Crippen molar-refractivity contribution in [1.82, 2.24) is 9.97 Å². The van der Waals surface area contributed by atoms with Gasteiger partial charge in [0.15, 0.2) is 0 Å². The van der Waals surface area contributed by atoms with Gasteiger partial charge >= 0.3 is 0 Å². The van der Waals surface area contributed by atoms with Crippen molar-refractivity contribution in [2.75, 3.05) is 30.9 Å². The lowest BCUT2D eigenvalue weighted by Gasteiger charge is -2.22. The van der Waals surface area contributed by atoms with Gasteiger partial charge in [-0.1, -0.05) is 6.92 Å². The van der Waals surface area contributed by atoms with Gasteiger partial charge < -0.3 is 10.2 Å². The summed E-state index contributed by atoms with van der Waals surface area (Å²) in [4.78, 5) is 10.5. The molecule has 1 atom stereocenters. The number of aromatic nitrogens is 2. The van der Waals surface area contributed by atoms with E-state index < -0.39 is 0 Å². The smallest absolute Gasteiger partial charge is 0.137 e. The summed E-state index contributed by atoms with van der Waals surface area (Å²) in [6.45, 7) is 4.65. The van der Waals surface area contributed by atoms with Crippen molar-refractivity contribution in [2.24, 2.45) is 5.92 Å². The van der Waals surface area contributed by atoms with Crippen LogP contribution in [0.25, 0.3) is 0 Å². The first-order valence-electron chi connectivity index (χ1n) is 5.76. The summed E-state index contributed by atoms with van der Waals surface area (Å²) in [6.07, 6.45) is 2.41. The van der Waals surface area contributed by atoms with E-state index in [1.54, 1.807) is 6.33 Å². The molecule has 1 aromatic rings. The zero-order chi connectivity index (χ0) is 12.8. The first kappa shape index (κ1) is 13.2. The van der Waals surface area contributed by atoms with Gasteiger partial charge in [0, 0.05) is 26.2 Å². The molecule has 0 aliphatic carbocycles. The van der Waals surface area contributed by atoms with E-state index in [2.05, 4.69) is 28.3 Å². The van der Waals surface area contributed by atoms with Crippen LogP contribution in [0.5, 0.6) is 0 Å². The summed E-state index contributed by atoms with van der Waals surface area (Å²) < 4.78 is 0. The Labute approximate surface area is 102 Å². The monoisotopic (exact) mass is 233 g/mol. The molecule has 0 fully saturated rings. The first-order chi connectivity index (χ1) is 8.13. The molecular weight excluding hydrogens is 214 g/mol. The summed E-state index contributed by atoms with van der Waals surface area (Å²) in [5, 5.41) is 11.9. The van der Waals surface area contributed by atoms with Crippen molar-refractivity contribution < 1.29 is 0 Å². The second kappa shape index (κ2) is 6.04. The molecule has 0 bridgehead atoms. The highest BCUT2D eigenvalue weighted by atomic mass is 15.2. The molecule has 5 nitrogen and oxygen atoms in total. The molecule has 0 saturated carbocycles. The minimum Gasteiger partial charge on any atom is -0.373 e. The molecular formula is C12H19N5. The molecule has 1 heterocycles. The van der Waals surface area contributed by atoms with Crippen LogP contribution in [0.4, 0.5) is 11.6 Å². The Morgan fingerprint density at radius 1 is 1.53 bits per heavy atom. The standard InChI is InChI=1S/C12H19N5/c1-5-10-11(14-3)15-8-16-12(10)17(4)7-9(2)6-13/h8-9H,5,7H2,1-4H3,(H,14,15,16). The van der Waals surface area contributed by atoms with E-state index in [0.717, 1.165) is 23.6 Å². The molecule has 0 saturated heterocycles. The topological polar surface area (TPSA) is 64.8 Å². The van der Waals surface area contributed by atoms with Gasteiger partial charge in [-0.15, -0.1) is 0 Å². The molecule has 1 N–H and O–H groups in total. The van der Waals surface area contributed by atoms with Gasteiger partial charge in [-0.25, -0.2) is 9.97 Å². The molecule has 17 heavy (non-hydrogen) atoms. The quantitative estimate of drug-likeness (QED) is 0.838. The summed E-state index contributed by atoms with van der Waals surface area (Å²) in [5.41, 5.74) is 1.09. The summed E-state index contributed by atoms with van der Waals surface area (Å²) >= 11 is 0. The Hall–Kier alpha value is -1.83. The first-order valence-corrected chi connectivity index (χ1v) is 5.76. The predicted molar refractivity (Wildman–Crippen MR) is 69.0 cm³/mol. The average molecular weight is 233 g/mol. The Morgan fingerprint density at radius 2 is 2.24 bits per heavy atom. The molecule has 0 aliphatic rings. The zero-order valence-electron chi connectivity index (χ0n) is 10.9. The van der Waals surface area contributed by atoms with Gasteiger partial charge in [0.2, 0.25) is 0 Å². The third-order valence-electron chi connectivity index (χ3n) is 2.64. The number of anilines is 2. The Morgan fingerprint density at radius 3 is 2.76 bits per heavy atom. The minimum absolute atomic E-state index is 0.0160. The number of nitrogens with zero attached hydrogens (tertiary/aromatic N) is 4. The number of rotatable bonds is 5. The normalized spacial score (nSPS) is 11.7. The Bertz CT molecular complexity index is 410. The van der Waals surface area contributed by atoms with Crippen LogP contribution in [0.15, 0.2) is 6.33 Å². The van der Waals surface area contributed by atoms with Gasteiger partial charge in [-0.3, -0.25) is 0 Å². The molecule has 0 amide bonds. The average Bonchev–Trinajstić information content (AvgIpc) is 2.37. The van der Waals surface area contributed by atoms with Crippen molar-refractivity contribution in [3.8, 4) is 6.07 Å². The van der Waals surface area contributed by atoms with E-state index in [4.69, 9.17) is 5.26 Å². The molecule has 5 heteroatoms. The fraction of sp³-hybridized carbons (Fsp3) is 0.583. The van der Waals surface area contributed by atoms with Crippen molar-refractivity contribution in [3.63, 3.8) is 0 Å². The van der Waals surface area contributed by atoms with Crippen LogP contribution in [-0.4, -0.2) is 30.6 Å². The van der Waals surface area contributed by atoms with E-state index >= 15 is 0 Å². The minimum atomic E-state index is -0.0160. The molecule has 92 valence electrons. The lowest BCUT2D eigenvalue weighted by atomic mass is 10.1. The van der Waals surface area contributed by atoms with Crippen LogP contribution >= 0.6 is 0 Å². The fourth-order valence-corrected chi connectivity index (χ4v) is 1.81. The number of nitrogens with one attached hydrogen (secondary N) is 1. The SMILES string of the molecule is CCc1c(NC)ncnc1N(C)CC(C)C#N. The Kier molecular flexibility index (Phi) is 4.70. The lowest BCUT2D eigenvalue weighted by molar-refractivity contribution is 0.706. The number of hydrogen-bond donors (Lipinski definition) is 1. The van der Waals surface area contributed by atoms with Crippen molar-refractivity contribution >= 4 is 11.6 Å². The maximum absolute atomic E-state index is 8.84. The highest BCUT2D eigenvalue weighted by molar-refractivity contribution is 5.58. The Balaban J connectivity index is 3.01. The van der Waals surface area contributed by atoms with Crippen molar-refractivity contribution in [3.05, 3.63) is 11.9 Å². The van der Waals surface area contributed by atoms with Gasteiger partial charge in [0.05, 0.1) is 12.0 Å². The second-order valence-electron chi connectivity index (χ2n) is 4.04. The molecule has 1 rings (SSSR count). The van der Waals surface area contributed by atoms with Crippen molar-refractivity contribution in [1.29, 1.82) is 5.26 Å². The van der Waals surface area contributed by atoms with Gasteiger partial charge in [0.25, 0.3) is 0 Å². The van der Waals surface area contributed by atoms with E-state index in [1.165, 1.54) is 0 Å². The van der Waals surface area contributed by atoms with Crippen LogP contribution in [0, 0.1) is 17.2 Å². The summed E-state index contributed by atoms with van der Waals surface area (Å²) in [7, 11) is 3.80. The third kappa shape index (κ3) is 3.06. The molecule has 1 aromatic heterocycles. The summed E-state index contributed by atoms with van der Waals surface area (Å²) in [6, 6.07) is 2.23. The second-order valence-corrected chi connectivity index (χ2v) is 4.04. The van der Waals surface area contributed by atoms with Crippen LogP contribution in [0.3, 0.4) is 0 Å². The molecule has 1 unspecified atom stereocenters. The predicted octanol–water partition coefficient (Wildman–Crippen LogP) is 1.68.